The van der Waals surface area contributed by atoms with Gasteiger partial charge in [-0.05, 0) is 61.4 Å². The predicted octanol–water partition coefficient (Wildman–Crippen LogP) is 3.68. The van der Waals surface area contributed by atoms with Crippen LogP contribution in [0.1, 0.15) is 36.0 Å². The fourth-order valence-electron chi connectivity index (χ4n) is 4.51. The molecule has 1 aromatic carbocycles. The number of nitrogens with zero attached hydrogens (tertiary/aromatic N) is 2. The van der Waals surface area contributed by atoms with E-state index in [0.717, 1.165) is 17.9 Å². The maximum atomic E-state index is 13.1. The second-order valence-electron chi connectivity index (χ2n) is 7.40. The number of rotatable bonds is 3. The number of nitrogens with one attached hydrogen (secondary N) is 2. The van der Waals surface area contributed by atoms with E-state index < -0.39 is 0 Å². The summed E-state index contributed by atoms with van der Waals surface area (Å²) in [6, 6.07) is 8.07. The number of aromatic nitrogens is 3. The highest BCUT2D eigenvalue weighted by Gasteiger charge is 2.40. The van der Waals surface area contributed by atoms with Crippen LogP contribution in [0.25, 0.3) is 22.6 Å². The van der Waals surface area contributed by atoms with Gasteiger partial charge in [0.15, 0.2) is 5.65 Å². The lowest BCUT2D eigenvalue weighted by atomic mass is 9.95. The van der Waals surface area contributed by atoms with Crippen LogP contribution in [0.4, 0.5) is 4.39 Å². The van der Waals surface area contributed by atoms with Gasteiger partial charge in [-0.15, -0.1) is 0 Å². The Hall–Kier alpha value is -2.76. The lowest BCUT2D eigenvalue weighted by Gasteiger charge is -2.22. The minimum absolute atomic E-state index is 0.0906. The average molecular weight is 350 g/mol. The Kier molecular flexibility index (Phi) is 3.51. The highest BCUT2D eigenvalue weighted by Crippen LogP contribution is 2.44. The van der Waals surface area contributed by atoms with E-state index in [9.17, 15) is 9.18 Å². The van der Waals surface area contributed by atoms with Gasteiger partial charge in [-0.25, -0.2) is 14.4 Å². The molecule has 3 unspecified atom stereocenters. The summed E-state index contributed by atoms with van der Waals surface area (Å²) in [4.78, 5) is 24.8. The molecule has 3 aromatic rings. The molecule has 2 aromatic heterocycles. The molecule has 2 aliphatic rings. The molecule has 0 radical (unpaired) electrons. The number of amides is 1. The molecular formula is C20H19FN4O. The maximum Gasteiger partial charge on any atom is 0.253 e. The fraction of sp³-hybridized carbons (Fsp3) is 0.350. The first-order chi connectivity index (χ1) is 12.7. The van der Waals surface area contributed by atoms with E-state index >= 15 is 0 Å². The Morgan fingerprint density at radius 1 is 1.15 bits per heavy atom. The predicted molar refractivity (Wildman–Crippen MR) is 96.0 cm³/mol. The SMILES string of the molecule is O=C(NC1CC2CCC1C2)c1ccnc2[nH]c(-c3ccc(F)cc3)nc12. The lowest BCUT2D eigenvalue weighted by Crippen LogP contribution is -2.38. The first-order valence-electron chi connectivity index (χ1n) is 9.09. The standard InChI is InChI=1S/C20H19FN4O/c21-14-5-3-12(4-6-14)18-24-17-15(7-8-22-19(17)25-18)20(26)23-16-10-11-1-2-13(16)9-11/h3-8,11,13,16H,1-2,9-10H2,(H,23,26)(H,22,24,25). The monoisotopic (exact) mass is 350 g/mol. The van der Waals surface area contributed by atoms with Crippen molar-refractivity contribution in [3.05, 3.63) is 47.9 Å². The van der Waals surface area contributed by atoms with Crippen molar-refractivity contribution in [2.45, 2.75) is 31.7 Å². The van der Waals surface area contributed by atoms with Gasteiger partial charge in [-0.3, -0.25) is 4.79 Å². The lowest BCUT2D eigenvalue weighted by molar-refractivity contribution is 0.0924. The van der Waals surface area contributed by atoms with Crippen molar-refractivity contribution in [2.75, 3.05) is 0 Å². The molecular weight excluding hydrogens is 331 g/mol. The van der Waals surface area contributed by atoms with E-state index in [1.807, 2.05) is 0 Å². The molecule has 26 heavy (non-hydrogen) atoms. The van der Waals surface area contributed by atoms with Crippen molar-refractivity contribution in [1.29, 1.82) is 0 Å². The summed E-state index contributed by atoms with van der Waals surface area (Å²) in [5, 5.41) is 3.21. The first-order valence-corrected chi connectivity index (χ1v) is 9.09. The van der Waals surface area contributed by atoms with Gasteiger partial charge in [0.05, 0.1) is 5.56 Å². The zero-order valence-electron chi connectivity index (χ0n) is 14.2. The third-order valence-electron chi connectivity index (χ3n) is 5.80. The number of fused-ring (bicyclic) bond motifs is 3. The van der Waals surface area contributed by atoms with E-state index in [4.69, 9.17) is 0 Å². The number of carbonyl (C=O) groups excluding carboxylic acids is 1. The number of hydrogen-bond acceptors (Lipinski definition) is 3. The molecule has 2 N–H and O–H groups in total. The molecule has 2 bridgehead atoms. The largest absolute Gasteiger partial charge is 0.349 e. The van der Waals surface area contributed by atoms with Crippen LogP contribution in [0.3, 0.4) is 0 Å². The summed E-state index contributed by atoms with van der Waals surface area (Å²) in [5.74, 6) is 1.59. The van der Waals surface area contributed by atoms with Crippen molar-refractivity contribution in [2.24, 2.45) is 11.8 Å². The quantitative estimate of drug-likeness (QED) is 0.757. The van der Waals surface area contributed by atoms with Crippen LogP contribution in [-0.2, 0) is 0 Å². The van der Waals surface area contributed by atoms with E-state index in [1.54, 1.807) is 24.4 Å². The highest BCUT2D eigenvalue weighted by molar-refractivity contribution is 6.04. The number of benzene rings is 1. The van der Waals surface area contributed by atoms with Gasteiger partial charge in [-0.2, -0.15) is 0 Å². The average Bonchev–Trinajstić information content (AvgIpc) is 3.36. The zero-order chi connectivity index (χ0) is 17.7. The highest BCUT2D eigenvalue weighted by atomic mass is 19.1. The van der Waals surface area contributed by atoms with Crippen LogP contribution in [0.15, 0.2) is 36.5 Å². The minimum Gasteiger partial charge on any atom is -0.349 e. The summed E-state index contributed by atoms with van der Waals surface area (Å²) in [6.45, 7) is 0. The Morgan fingerprint density at radius 3 is 2.73 bits per heavy atom. The number of aromatic amines is 1. The molecule has 2 heterocycles. The topological polar surface area (TPSA) is 70.7 Å². The Morgan fingerprint density at radius 2 is 2.00 bits per heavy atom. The number of pyridine rings is 1. The molecule has 5 rings (SSSR count). The summed E-state index contributed by atoms with van der Waals surface area (Å²) in [5.41, 5.74) is 2.39. The van der Waals surface area contributed by atoms with Crippen LogP contribution in [0, 0.1) is 17.7 Å². The third-order valence-corrected chi connectivity index (χ3v) is 5.80. The number of halogens is 1. The van der Waals surface area contributed by atoms with Crippen LogP contribution in [-0.4, -0.2) is 26.9 Å². The number of hydrogen-bond donors (Lipinski definition) is 2. The smallest absolute Gasteiger partial charge is 0.253 e. The molecule has 1 amide bonds. The van der Waals surface area contributed by atoms with Crippen molar-refractivity contribution >= 4 is 17.1 Å². The summed E-state index contributed by atoms with van der Waals surface area (Å²) in [7, 11) is 0. The molecule has 0 saturated heterocycles. The number of imidazole rings is 1. The van der Waals surface area contributed by atoms with Gasteiger partial charge in [0, 0.05) is 17.8 Å². The summed E-state index contributed by atoms with van der Waals surface area (Å²) >= 11 is 0. The van der Waals surface area contributed by atoms with Crippen LogP contribution >= 0.6 is 0 Å². The second-order valence-corrected chi connectivity index (χ2v) is 7.40. The van der Waals surface area contributed by atoms with Gasteiger partial charge in [0.2, 0.25) is 0 Å². The molecule has 6 heteroatoms. The van der Waals surface area contributed by atoms with Crippen molar-refractivity contribution < 1.29 is 9.18 Å². The maximum absolute atomic E-state index is 13.1. The molecule has 132 valence electrons. The van der Waals surface area contributed by atoms with Gasteiger partial charge in [-0.1, -0.05) is 6.42 Å². The normalized spacial score (nSPS) is 24.3. The Labute approximate surface area is 150 Å². The molecule has 2 saturated carbocycles. The van der Waals surface area contributed by atoms with E-state index in [1.165, 1.54) is 31.4 Å². The van der Waals surface area contributed by atoms with Crippen LogP contribution in [0.5, 0.6) is 0 Å². The molecule has 5 nitrogen and oxygen atoms in total. The fourth-order valence-corrected chi connectivity index (χ4v) is 4.51. The van der Waals surface area contributed by atoms with E-state index in [0.29, 0.717) is 28.5 Å². The molecule has 2 aliphatic carbocycles. The first kappa shape index (κ1) is 15.5. The van der Waals surface area contributed by atoms with Gasteiger partial charge in [0.1, 0.15) is 17.2 Å². The van der Waals surface area contributed by atoms with Crippen molar-refractivity contribution in [3.63, 3.8) is 0 Å². The molecule has 2 fully saturated rings. The molecule has 3 atom stereocenters. The van der Waals surface area contributed by atoms with Crippen molar-refractivity contribution in [3.8, 4) is 11.4 Å². The van der Waals surface area contributed by atoms with Gasteiger partial charge in [0.25, 0.3) is 5.91 Å². The molecule has 0 aliphatic heterocycles. The van der Waals surface area contributed by atoms with Gasteiger partial charge >= 0.3 is 0 Å². The van der Waals surface area contributed by atoms with Crippen LogP contribution < -0.4 is 5.32 Å². The zero-order valence-corrected chi connectivity index (χ0v) is 14.2. The number of carbonyl (C=O) groups is 1. The minimum atomic E-state index is -0.297. The van der Waals surface area contributed by atoms with Crippen molar-refractivity contribution in [1.82, 2.24) is 20.3 Å². The third kappa shape index (κ3) is 2.57. The Balaban J connectivity index is 1.46. The second kappa shape index (κ2) is 5.90. The number of H-pyrrole nitrogens is 1. The van der Waals surface area contributed by atoms with E-state index in [2.05, 4.69) is 20.3 Å². The molecule has 0 spiro atoms. The summed E-state index contributed by atoms with van der Waals surface area (Å²) < 4.78 is 13.1. The Bertz CT molecular complexity index is 981. The van der Waals surface area contributed by atoms with E-state index in [-0.39, 0.29) is 17.8 Å². The van der Waals surface area contributed by atoms with Crippen LogP contribution in [0.2, 0.25) is 0 Å². The summed E-state index contributed by atoms with van der Waals surface area (Å²) in [6.07, 6.45) is 6.47. The van der Waals surface area contributed by atoms with Gasteiger partial charge < -0.3 is 10.3 Å².